The molecule has 0 aliphatic rings. The number of carbonyl (C=O) groups is 4. The molecule has 1 rings (SSSR count). The maximum absolute atomic E-state index is 12.3. The Hall–Kier alpha value is -2.94. The quantitative estimate of drug-likeness (QED) is 0.257. The van der Waals surface area contributed by atoms with E-state index in [9.17, 15) is 24.3 Å². The number of ether oxygens (including phenoxy) is 3. The Morgan fingerprint density at radius 3 is 1.92 bits per heavy atom. The van der Waals surface area contributed by atoms with Crippen molar-refractivity contribution in [2.45, 2.75) is 98.1 Å². The van der Waals surface area contributed by atoms with Crippen LogP contribution in [-0.2, 0) is 23.9 Å². The minimum Gasteiger partial charge on any atom is -0.480 e. The van der Waals surface area contributed by atoms with Crippen molar-refractivity contribution >= 4 is 23.9 Å². The van der Waals surface area contributed by atoms with Crippen molar-refractivity contribution in [1.82, 2.24) is 0 Å². The summed E-state index contributed by atoms with van der Waals surface area (Å²) in [5, 5.41) is 9.70. The number of carboxylic acid groups (broad SMARTS) is 1. The number of esters is 3. The van der Waals surface area contributed by atoms with E-state index in [1.807, 2.05) is 27.7 Å². The van der Waals surface area contributed by atoms with E-state index in [0.29, 0.717) is 30.7 Å². The van der Waals surface area contributed by atoms with Crippen molar-refractivity contribution in [3.8, 4) is 11.5 Å². The first-order chi connectivity index (χ1) is 16.9. The minimum absolute atomic E-state index is 0.00627. The van der Waals surface area contributed by atoms with Gasteiger partial charge in [0.2, 0.25) is 0 Å². The van der Waals surface area contributed by atoms with Crippen LogP contribution in [0.3, 0.4) is 0 Å². The molecule has 1 aromatic rings. The van der Waals surface area contributed by atoms with Crippen molar-refractivity contribution in [2.24, 2.45) is 17.6 Å². The molecule has 3 unspecified atom stereocenters. The van der Waals surface area contributed by atoms with Crippen LogP contribution >= 0.6 is 0 Å². The van der Waals surface area contributed by atoms with Crippen LogP contribution in [0.5, 0.6) is 11.5 Å². The van der Waals surface area contributed by atoms with Gasteiger partial charge in [-0.2, -0.15) is 0 Å². The first-order valence-corrected chi connectivity index (χ1v) is 12.6. The first-order valence-electron chi connectivity index (χ1n) is 12.6. The number of hydrogen-bond donors (Lipinski definition) is 2. The van der Waals surface area contributed by atoms with Crippen LogP contribution in [-0.4, -0.2) is 41.1 Å². The summed E-state index contributed by atoms with van der Waals surface area (Å²) in [6.07, 6.45) is 1.81. The van der Waals surface area contributed by atoms with Gasteiger partial charge in [0.15, 0.2) is 11.5 Å². The van der Waals surface area contributed by atoms with E-state index >= 15 is 0 Å². The van der Waals surface area contributed by atoms with Gasteiger partial charge in [-0.15, -0.1) is 0 Å². The molecule has 36 heavy (non-hydrogen) atoms. The summed E-state index contributed by atoms with van der Waals surface area (Å²) in [5.41, 5.74) is 6.54. The van der Waals surface area contributed by atoms with Crippen LogP contribution < -0.4 is 15.2 Å². The average molecular weight is 508 g/mol. The van der Waals surface area contributed by atoms with Crippen molar-refractivity contribution in [3.63, 3.8) is 0 Å². The van der Waals surface area contributed by atoms with Crippen LogP contribution in [0.25, 0.3) is 0 Å². The highest BCUT2D eigenvalue weighted by Crippen LogP contribution is 2.37. The highest BCUT2D eigenvalue weighted by molar-refractivity contribution is 5.77. The Bertz CT molecular complexity index is 898. The van der Waals surface area contributed by atoms with E-state index in [1.54, 1.807) is 19.9 Å². The second kappa shape index (κ2) is 15.2. The van der Waals surface area contributed by atoms with Crippen molar-refractivity contribution < 1.29 is 38.5 Å². The molecule has 0 saturated carbocycles. The standard InChI is InChI=1S/C27H41NO8/c1-7-9-22(29)35-20-13-12-19(15-21(20)36-23(30)10-8-2)25(26(28)27(32)33)17(5)18(6)34-24(31)14-11-16(3)4/h12-13,15-18,25-26H,7-11,14,28H2,1-6H3,(H,32,33)/t17?,18?,25?,26-/m0/s1. The van der Waals surface area contributed by atoms with Gasteiger partial charge < -0.3 is 25.1 Å². The van der Waals surface area contributed by atoms with Crippen LogP contribution in [0.2, 0.25) is 0 Å². The molecule has 0 aromatic heterocycles. The zero-order valence-corrected chi connectivity index (χ0v) is 22.2. The normalized spacial score (nSPS) is 14.4. The molecule has 4 atom stereocenters. The van der Waals surface area contributed by atoms with E-state index in [-0.39, 0.29) is 36.7 Å². The van der Waals surface area contributed by atoms with Gasteiger partial charge in [-0.3, -0.25) is 19.2 Å². The molecule has 0 aliphatic heterocycles. The number of nitrogens with two attached hydrogens (primary N) is 1. The van der Waals surface area contributed by atoms with Crippen LogP contribution in [0.1, 0.15) is 91.5 Å². The number of carbonyl (C=O) groups excluding carboxylic acids is 3. The molecular weight excluding hydrogens is 466 g/mol. The average Bonchev–Trinajstić information content (AvgIpc) is 2.79. The molecule has 9 nitrogen and oxygen atoms in total. The Morgan fingerprint density at radius 1 is 0.861 bits per heavy atom. The van der Waals surface area contributed by atoms with Gasteiger partial charge in [0.25, 0.3) is 0 Å². The summed E-state index contributed by atoms with van der Waals surface area (Å²) in [6.45, 7) is 11.1. The van der Waals surface area contributed by atoms with Crippen molar-refractivity contribution in [2.75, 3.05) is 0 Å². The lowest BCUT2D eigenvalue weighted by Gasteiger charge is -2.32. The highest BCUT2D eigenvalue weighted by Gasteiger charge is 2.35. The van der Waals surface area contributed by atoms with Gasteiger partial charge in [-0.05, 0) is 49.8 Å². The molecule has 1 aromatic carbocycles. The third kappa shape index (κ3) is 9.97. The Balaban J connectivity index is 3.35. The number of aliphatic carboxylic acids is 1. The summed E-state index contributed by atoms with van der Waals surface area (Å²) < 4.78 is 16.4. The van der Waals surface area contributed by atoms with Crippen LogP contribution in [0.4, 0.5) is 0 Å². The Kier molecular flexibility index (Phi) is 13.2. The molecule has 202 valence electrons. The lowest BCUT2D eigenvalue weighted by Crippen LogP contribution is -2.42. The predicted molar refractivity (Wildman–Crippen MR) is 135 cm³/mol. The zero-order valence-electron chi connectivity index (χ0n) is 22.2. The minimum atomic E-state index is -1.33. The fourth-order valence-electron chi connectivity index (χ4n) is 3.72. The summed E-state index contributed by atoms with van der Waals surface area (Å²) in [4.78, 5) is 48.5. The first kappa shape index (κ1) is 31.1. The fraction of sp³-hybridized carbons (Fsp3) is 0.630. The van der Waals surface area contributed by atoms with Crippen molar-refractivity contribution in [3.05, 3.63) is 23.8 Å². The molecule has 0 bridgehead atoms. The van der Waals surface area contributed by atoms with Crippen LogP contribution in [0.15, 0.2) is 18.2 Å². The lowest BCUT2D eigenvalue weighted by atomic mass is 9.79. The molecular formula is C27H41NO8. The third-order valence-electron chi connectivity index (χ3n) is 5.93. The SMILES string of the molecule is CCCC(=O)Oc1ccc(C(C(C)C(C)OC(=O)CCC(C)C)[C@H](N)C(=O)O)cc1OC(=O)CCC. The zero-order chi connectivity index (χ0) is 27.4. The molecule has 0 radical (unpaired) electrons. The summed E-state index contributed by atoms with van der Waals surface area (Å²) in [7, 11) is 0. The number of carboxylic acids is 1. The molecule has 0 fully saturated rings. The monoisotopic (exact) mass is 507 g/mol. The molecule has 0 spiro atoms. The van der Waals surface area contributed by atoms with E-state index in [0.717, 1.165) is 0 Å². The van der Waals surface area contributed by atoms with Gasteiger partial charge >= 0.3 is 23.9 Å². The summed E-state index contributed by atoms with van der Waals surface area (Å²) in [6, 6.07) is 3.19. The molecule has 0 aliphatic carbocycles. The number of rotatable bonds is 15. The van der Waals surface area contributed by atoms with Gasteiger partial charge in [0.1, 0.15) is 12.1 Å². The topological polar surface area (TPSA) is 142 Å². The predicted octanol–water partition coefficient (Wildman–Crippen LogP) is 4.60. The summed E-state index contributed by atoms with van der Waals surface area (Å²) in [5.74, 6) is -3.46. The maximum Gasteiger partial charge on any atom is 0.321 e. The maximum atomic E-state index is 12.3. The van der Waals surface area contributed by atoms with E-state index < -0.39 is 41.9 Å². The molecule has 0 saturated heterocycles. The van der Waals surface area contributed by atoms with E-state index in [4.69, 9.17) is 19.9 Å². The summed E-state index contributed by atoms with van der Waals surface area (Å²) >= 11 is 0. The van der Waals surface area contributed by atoms with E-state index in [2.05, 4.69) is 0 Å². The molecule has 9 heteroatoms. The molecule has 0 heterocycles. The largest absolute Gasteiger partial charge is 0.480 e. The smallest absolute Gasteiger partial charge is 0.321 e. The van der Waals surface area contributed by atoms with Gasteiger partial charge in [0.05, 0.1) is 0 Å². The van der Waals surface area contributed by atoms with Gasteiger partial charge in [-0.1, -0.05) is 40.7 Å². The highest BCUT2D eigenvalue weighted by atomic mass is 16.6. The Morgan fingerprint density at radius 2 is 1.42 bits per heavy atom. The number of benzene rings is 1. The Labute approximate surface area is 213 Å². The number of hydrogen-bond acceptors (Lipinski definition) is 8. The molecule has 3 N–H and O–H groups in total. The van der Waals surface area contributed by atoms with E-state index in [1.165, 1.54) is 12.1 Å². The van der Waals surface area contributed by atoms with Gasteiger partial charge in [-0.25, -0.2) is 0 Å². The second-order valence-electron chi connectivity index (χ2n) is 9.53. The third-order valence-corrected chi connectivity index (χ3v) is 5.93. The lowest BCUT2D eigenvalue weighted by molar-refractivity contribution is -0.151. The molecule has 0 amide bonds. The second-order valence-corrected chi connectivity index (χ2v) is 9.53. The van der Waals surface area contributed by atoms with Crippen molar-refractivity contribution in [1.29, 1.82) is 0 Å². The van der Waals surface area contributed by atoms with Crippen LogP contribution in [0, 0.1) is 11.8 Å². The van der Waals surface area contributed by atoms with Gasteiger partial charge in [0, 0.05) is 31.1 Å². The fourth-order valence-corrected chi connectivity index (χ4v) is 3.72.